The average Bonchev–Trinajstić information content (AvgIpc) is 2.69. The summed E-state index contributed by atoms with van der Waals surface area (Å²) in [5.41, 5.74) is 0.367. The van der Waals surface area contributed by atoms with Gasteiger partial charge in [-0.2, -0.15) is 9.76 Å². The third-order valence-electron chi connectivity index (χ3n) is 5.29. The molecule has 3 aliphatic rings. The monoisotopic (exact) mass is 371 g/mol. The van der Waals surface area contributed by atoms with E-state index in [-0.39, 0.29) is 11.8 Å². The summed E-state index contributed by atoms with van der Waals surface area (Å²) in [5, 5.41) is 17.3. The van der Waals surface area contributed by atoms with E-state index in [1.807, 2.05) is 49.4 Å². The molecule has 3 atom stereocenters. The fourth-order valence-electron chi connectivity index (χ4n) is 4.00. The summed E-state index contributed by atoms with van der Waals surface area (Å²) in [5.74, 6) is -0.105. The van der Waals surface area contributed by atoms with Crippen molar-refractivity contribution in [2.75, 3.05) is 6.54 Å². The van der Waals surface area contributed by atoms with E-state index in [9.17, 15) is 14.8 Å². The van der Waals surface area contributed by atoms with Gasteiger partial charge in [0.2, 0.25) is 0 Å². The van der Waals surface area contributed by atoms with Crippen molar-refractivity contribution in [1.29, 1.82) is 0 Å². The number of allylic oxidation sites excluding steroid dienone is 3. The highest BCUT2D eigenvalue weighted by Crippen LogP contribution is 2.66. The number of amides is 2. The molecule has 0 radical (unpaired) electrons. The maximum absolute atomic E-state index is 13.4. The highest BCUT2D eigenvalue weighted by Gasteiger charge is 2.67. The third-order valence-corrected chi connectivity index (χ3v) is 8.75. The summed E-state index contributed by atoms with van der Waals surface area (Å²) in [6.45, 7) is 2.50. The zero-order valence-electron chi connectivity index (χ0n) is 14.7. The molecule has 0 spiro atoms. The van der Waals surface area contributed by atoms with Crippen molar-refractivity contribution >= 4 is 24.4 Å². The topological polar surface area (TPSA) is 75.7 Å². The Balaban J connectivity index is 1.91. The van der Waals surface area contributed by atoms with Gasteiger partial charge in [-0.1, -0.05) is 43.7 Å². The van der Waals surface area contributed by atoms with Gasteiger partial charge >= 0.3 is 13.2 Å². The minimum Gasteiger partial charge on any atom is -0.753 e. The van der Waals surface area contributed by atoms with Crippen LogP contribution in [0.25, 0.3) is 0 Å². The lowest BCUT2D eigenvalue weighted by atomic mass is 9.96. The van der Waals surface area contributed by atoms with Crippen LogP contribution in [-0.2, 0) is 4.79 Å². The van der Waals surface area contributed by atoms with E-state index in [0.717, 1.165) is 17.4 Å². The first-order chi connectivity index (χ1) is 12.6. The highest BCUT2D eigenvalue weighted by molar-refractivity contribution is 7.94. The minimum absolute atomic E-state index is 0.147. The SMILES string of the molecule is CCCC1C(=O)N2C3=CC=CCC3CN[P+]2(c2ccccc2)C(=O)N1[O-]. The molecule has 1 aromatic carbocycles. The molecular weight excluding hydrogens is 349 g/mol. The number of hydrogen-bond acceptors (Lipinski definition) is 4. The second-order valence-corrected chi connectivity index (χ2v) is 9.73. The molecule has 7 heteroatoms. The highest BCUT2D eigenvalue weighted by atomic mass is 31.2. The molecule has 2 saturated heterocycles. The van der Waals surface area contributed by atoms with Crippen LogP contribution in [0.15, 0.2) is 54.3 Å². The fourth-order valence-corrected chi connectivity index (χ4v) is 7.61. The van der Waals surface area contributed by atoms with Gasteiger partial charge in [-0.05, 0) is 31.1 Å². The summed E-state index contributed by atoms with van der Waals surface area (Å²) in [7, 11) is -2.99. The number of benzene rings is 1. The van der Waals surface area contributed by atoms with Crippen LogP contribution in [0.4, 0.5) is 4.79 Å². The lowest BCUT2D eigenvalue weighted by Gasteiger charge is -2.51. The molecule has 0 bridgehead atoms. The van der Waals surface area contributed by atoms with Gasteiger partial charge in [-0.25, -0.2) is 4.79 Å². The van der Waals surface area contributed by atoms with Gasteiger partial charge in [0.05, 0.1) is 5.70 Å². The normalized spacial score (nSPS) is 30.8. The Morgan fingerprint density at radius 3 is 2.77 bits per heavy atom. The predicted molar refractivity (Wildman–Crippen MR) is 102 cm³/mol. The van der Waals surface area contributed by atoms with Crippen LogP contribution in [0.2, 0.25) is 0 Å². The first-order valence-corrected chi connectivity index (χ1v) is 10.8. The first-order valence-electron chi connectivity index (χ1n) is 9.03. The first kappa shape index (κ1) is 17.4. The Morgan fingerprint density at radius 2 is 2.04 bits per heavy atom. The van der Waals surface area contributed by atoms with E-state index in [1.165, 1.54) is 0 Å². The molecule has 1 aromatic rings. The van der Waals surface area contributed by atoms with Gasteiger partial charge in [0.1, 0.15) is 11.3 Å². The van der Waals surface area contributed by atoms with Crippen LogP contribution in [0.5, 0.6) is 0 Å². The average molecular weight is 371 g/mol. The van der Waals surface area contributed by atoms with Gasteiger partial charge in [0, 0.05) is 12.5 Å². The van der Waals surface area contributed by atoms with Gasteiger partial charge in [0.15, 0.2) is 0 Å². The van der Waals surface area contributed by atoms with Crippen LogP contribution in [0.1, 0.15) is 26.2 Å². The number of nitrogens with one attached hydrogen (secondary N) is 1. The molecule has 2 fully saturated rings. The van der Waals surface area contributed by atoms with Gasteiger partial charge in [0.25, 0.3) is 5.91 Å². The molecule has 136 valence electrons. The number of fused-ring (bicyclic) bond motifs is 3. The molecule has 4 rings (SSSR count). The summed E-state index contributed by atoms with van der Waals surface area (Å²) < 4.78 is 1.68. The summed E-state index contributed by atoms with van der Waals surface area (Å²) in [6.07, 6.45) is 7.82. The Morgan fingerprint density at radius 1 is 1.27 bits per heavy atom. The molecule has 0 aromatic heterocycles. The standard InChI is InChI=1S/C19H22N3O3P/c1-2-8-17-18(23)22-16-12-7-6-9-14(16)13-20-26(22,19(24)21(17)25)15-10-4-3-5-11-15/h3-7,10-12,14,17,20H,2,8-9,13H2,1H3. The molecule has 6 nitrogen and oxygen atoms in total. The lowest BCUT2D eigenvalue weighted by Crippen LogP contribution is -2.63. The van der Waals surface area contributed by atoms with E-state index in [1.54, 1.807) is 4.67 Å². The minimum atomic E-state index is -2.99. The zero-order valence-corrected chi connectivity index (χ0v) is 15.6. The third kappa shape index (κ3) is 2.37. The summed E-state index contributed by atoms with van der Waals surface area (Å²) in [6, 6.07) is 8.30. The van der Waals surface area contributed by atoms with Crippen LogP contribution in [0, 0.1) is 11.1 Å². The fraction of sp³-hybridized carbons (Fsp3) is 0.368. The molecular formula is C19H22N3O3P. The molecule has 2 heterocycles. The van der Waals surface area contributed by atoms with Gasteiger partial charge in [-0.15, -0.1) is 0 Å². The van der Waals surface area contributed by atoms with Crippen molar-refractivity contribution in [1.82, 2.24) is 14.8 Å². The van der Waals surface area contributed by atoms with Crippen molar-refractivity contribution < 1.29 is 9.59 Å². The van der Waals surface area contributed by atoms with E-state index in [0.29, 0.717) is 24.4 Å². The number of hydroxylamine groups is 2. The second kappa shape index (κ2) is 6.62. The molecule has 26 heavy (non-hydrogen) atoms. The number of carbonyl (C=O) groups excluding carboxylic acids is 2. The summed E-state index contributed by atoms with van der Waals surface area (Å²) in [4.78, 5) is 26.7. The van der Waals surface area contributed by atoms with E-state index in [4.69, 9.17) is 0 Å². The molecule has 3 unspecified atom stereocenters. The molecule has 2 amide bonds. The number of carbonyl (C=O) groups is 2. The van der Waals surface area contributed by atoms with Crippen LogP contribution >= 0.6 is 7.56 Å². The van der Waals surface area contributed by atoms with E-state index < -0.39 is 19.3 Å². The molecule has 1 aliphatic carbocycles. The van der Waals surface area contributed by atoms with Crippen molar-refractivity contribution in [2.45, 2.75) is 32.2 Å². The number of nitrogens with zero attached hydrogens (tertiary/aromatic N) is 2. The van der Waals surface area contributed by atoms with Gasteiger partial charge in [-0.3, -0.25) is 4.79 Å². The summed E-state index contributed by atoms with van der Waals surface area (Å²) >= 11 is 0. The Kier molecular flexibility index (Phi) is 4.43. The van der Waals surface area contributed by atoms with Crippen molar-refractivity contribution in [2.24, 2.45) is 5.92 Å². The quantitative estimate of drug-likeness (QED) is 0.828. The molecule has 2 aliphatic heterocycles. The number of hydrogen-bond donors (Lipinski definition) is 1. The van der Waals surface area contributed by atoms with Crippen LogP contribution in [-0.4, -0.2) is 33.9 Å². The number of rotatable bonds is 3. The van der Waals surface area contributed by atoms with E-state index >= 15 is 0 Å². The van der Waals surface area contributed by atoms with Gasteiger partial charge < -0.3 is 10.3 Å². The molecule has 1 N–H and O–H groups in total. The van der Waals surface area contributed by atoms with E-state index in [2.05, 4.69) is 11.2 Å². The Hall–Kier alpha value is -2.01. The van der Waals surface area contributed by atoms with Crippen LogP contribution < -0.4 is 10.4 Å². The Bertz CT molecular complexity index is 794. The second-order valence-electron chi connectivity index (χ2n) is 6.85. The molecule has 0 saturated carbocycles. The maximum Gasteiger partial charge on any atom is 0.398 e. The predicted octanol–water partition coefficient (Wildman–Crippen LogP) is 3.15. The van der Waals surface area contributed by atoms with Crippen molar-refractivity contribution in [3.63, 3.8) is 0 Å². The lowest BCUT2D eigenvalue weighted by molar-refractivity contribution is -0.130. The zero-order chi connectivity index (χ0) is 18.3. The largest absolute Gasteiger partial charge is 0.753 e. The van der Waals surface area contributed by atoms with Crippen molar-refractivity contribution in [3.05, 3.63) is 59.5 Å². The Labute approximate surface area is 153 Å². The van der Waals surface area contributed by atoms with Crippen LogP contribution in [0.3, 0.4) is 0 Å². The smallest absolute Gasteiger partial charge is 0.398 e. The maximum atomic E-state index is 13.4. The van der Waals surface area contributed by atoms with Crippen molar-refractivity contribution in [3.8, 4) is 0 Å².